The third-order valence-corrected chi connectivity index (χ3v) is 3.25. The third kappa shape index (κ3) is 1.97. The Bertz CT molecular complexity index is 358. The number of nitrogens with zero attached hydrogens (tertiary/aromatic N) is 2. The molecule has 1 aromatic heterocycles. The highest BCUT2D eigenvalue weighted by molar-refractivity contribution is 5.99. The van der Waals surface area contributed by atoms with Gasteiger partial charge in [-0.05, 0) is 19.4 Å². The molecule has 0 spiro atoms. The van der Waals surface area contributed by atoms with Gasteiger partial charge in [0.05, 0.1) is 6.20 Å². The van der Waals surface area contributed by atoms with E-state index in [0.29, 0.717) is 5.69 Å². The monoisotopic (exact) mass is 219 g/mol. The molecule has 1 aromatic rings. The zero-order valence-electron chi connectivity index (χ0n) is 9.57. The van der Waals surface area contributed by atoms with E-state index in [4.69, 9.17) is 0 Å². The molecule has 0 amide bonds. The van der Waals surface area contributed by atoms with Crippen molar-refractivity contribution in [2.75, 3.05) is 13.1 Å². The molecule has 1 N–H and O–H groups in total. The van der Waals surface area contributed by atoms with Gasteiger partial charge in [-0.15, -0.1) is 0 Å². The van der Waals surface area contributed by atoms with Gasteiger partial charge >= 0.3 is 0 Å². The van der Waals surface area contributed by atoms with Crippen molar-refractivity contribution in [2.24, 2.45) is 5.41 Å². The molecular formula is C12H17N3O. The van der Waals surface area contributed by atoms with Crippen LogP contribution in [-0.4, -0.2) is 28.8 Å². The first-order chi connectivity index (χ1) is 7.78. The smallest absolute Gasteiger partial charge is 0.190 e. The van der Waals surface area contributed by atoms with Crippen LogP contribution in [0.15, 0.2) is 18.6 Å². The molecule has 0 radical (unpaired) electrons. The molecule has 1 atom stereocenters. The molecule has 2 heterocycles. The lowest BCUT2D eigenvalue weighted by atomic mass is 9.77. The molecule has 4 nitrogen and oxygen atoms in total. The largest absolute Gasteiger partial charge is 0.316 e. The Kier molecular flexibility index (Phi) is 3.29. The van der Waals surface area contributed by atoms with Crippen LogP contribution in [0.5, 0.6) is 0 Å². The van der Waals surface area contributed by atoms with Crippen LogP contribution in [0.4, 0.5) is 0 Å². The number of aromatic nitrogens is 2. The maximum Gasteiger partial charge on any atom is 0.190 e. The van der Waals surface area contributed by atoms with Gasteiger partial charge in [0, 0.05) is 24.4 Å². The normalized spacial score (nSPS) is 24.6. The molecule has 86 valence electrons. The van der Waals surface area contributed by atoms with Crippen molar-refractivity contribution in [1.29, 1.82) is 0 Å². The minimum Gasteiger partial charge on any atom is -0.316 e. The number of carbonyl (C=O) groups is 1. The SMILES string of the molecule is CCCC1(C(=O)c2cnccn2)CCNC1. The lowest BCUT2D eigenvalue weighted by Gasteiger charge is -2.25. The van der Waals surface area contributed by atoms with Gasteiger partial charge in [-0.3, -0.25) is 9.78 Å². The molecule has 1 aliphatic heterocycles. The summed E-state index contributed by atoms with van der Waals surface area (Å²) >= 11 is 0. The molecule has 0 bridgehead atoms. The Morgan fingerprint density at radius 3 is 3.00 bits per heavy atom. The molecule has 16 heavy (non-hydrogen) atoms. The molecule has 4 heteroatoms. The van der Waals surface area contributed by atoms with Crippen LogP contribution in [0, 0.1) is 5.41 Å². The summed E-state index contributed by atoms with van der Waals surface area (Å²) in [5, 5.41) is 3.28. The Morgan fingerprint density at radius 2 is 2.44 bits per heavy atom. The van der Waals surface area contributed by atoms with Crippen LogP contribution in [0.25, 0.3) is 0 Å². The van der Waals surface area contributed by atoms with E-state index < -0.39 is 0 Å². The predicted octanol–water partition coefficient (Wildman–Crippen LogP) is 1.44. The summed E-state index contributed by atoms with van der Waals surface area (Å²) in [5.74, 6) is 0.146. The van der Waals surface area contributed by atoms with Crippen molar-refractivity contribution >= 4 is 5.78 Å². The van der Waals surface area contributed by atoms with Crippen LogP contribution in [0.2, 0.25) is 0 Å². The van der Waals surface area contributed by atoms with Gasteiger partial charge in [-0.2, -0.15) is 0 Å². The quantitative estimate of drug-likeness (QED) is 0.778. The number of ketones is 1. The summed E-state index contributed by atoms with van der Waals surface area (Å²) in [6.07, 6.45) is 7.60. The average Bonchev–Trinajstić information content (AvgIpc) is 2.80. The standard InChI is InChI=1S/C12H17N3O/c1-2-3-12(4-5-14-9-12)11(16)10-8-13-6-7-15-10/h6-8,14H,2-5,9H2,1H3. The number of rotatable bonds is 4. The van der Waals surface area contributed by atoms with E-state index in [1.807, 2.05) is 0 Å². The maximum absolute atomic E-state index is 12.4. The van der Waals surface area contributed by atoms with E-state index in [9.17, 15) is 4.79 Å². The van der Waals surface area contributed by atoms with Crippen molar-refractivity contribution in [2.45, 2.75) is 26.2 Å². The molecule has 0 aliphatic carbocycles. The number of Topliss-reactive ketones (excluding diaryl/α,β-unsaturated/α-hetero) is 1. The fraction of sp³-hybridized carbons (Fsp3) is 0.583. The molecule has 0 aromatic carbocycles. The van der Waals surface area contributed by atoms with Crippen molar-refractivity contribution in [1.82, 2.24) is 15.3 Å². The molecule has 1 unspecified atom stereocenters. The van der Waals surface area contributed by atoms with Crippen molar-refractivity contribution in [3.05, 3.63) is 24.3 Å². The summed E-state index contributed by atoms with van der Waals surface area (Å²) < 4.78 is 0. The van der Waals surface area contributed by atoms with Crippen LogP contribution in [-0.2, 0) is 0 Å². The van der Waals surface area contributed by atoms with E-state index in [1.165, 1.54) is 0 Å². The van der Waals surface area contributed by atoms with Gasteiger partial charge in [0.1, 0.15) is 5.69 Å². The number of nitrogens with one attached hydrogen (secondary N) is 1. The Hall–Kier alpha value is -1.29. The Morgan fingerprint density at radius 1 is 1.56 bits per heavy atom. The molecule has 0 saturated carbocycles. The Balaban J connectivity index is 2.24. The molecule has 1 fully saturated rings. The van der Waals surface area contributed by atoms with Crippen molar-refractivity contribution in [3.8, 4) is 0 Å². The summed E-state index contributed by atoms with van der Waals surface area (Å²) in [5.41, 5.74) is 0.254. The second kappa shape index (κ2) is 4.70. The second-order valence-corrected chi connectivity index (χ2v) is 4.38. The number of hydrogen-bond acceptors (Lipinski definition) is 4. The molecular weight excluding hydrogens is 202 g/mol. The average molecular weight is 219 g/mol. The van der Waals surface area contributed by atoms with Gasteiger partial charge in [0.2, 0.25) is 0 Å². The second-order valence-electron chi connectivity index (χ2n) is 4.38. The highest BCUT2D eigenvalue weighted by Crippen LogP contribution is 2.34. The summed E-state index contributed by atoms with van der Waals surface area (Å²) in [6, 6.07) is 0. The number of hydrogen-bond donors (Lipinski definition) is 1. The summed E-state index contributed by atoms with van der Waals surface area (Å²) in [4.78, 5) is 20.5. The highest BCUT2D eigenvalue weighted by atomic mass is 16.1. The van der Waals surface area contributed by atoms with E-state index >= 15 is 0 Å². The van der Waals surface area contributed by atoms with E-state index in [1.54, 1.807) is 18.6 Å². The van der Waals surface area contributed by atoms with Crippen LogP contribution in [0.3, 0.4) is 0 Å². The molecule has 1 aliphatic rings. The van der Waals surface area contributed by atoms with Crippen LogP contribution in [0.1, 0.15) is 36.7 Å². The first-order valence-corrected chi connectivity index (χ1v) is 5.80. The fourth-order valence-electron chi connectivity index (χ4n) is 2.43. The van der Waals surface area contributed by atoms with Gasteiger partial charge in [0.15, 0.2) is 5.78 Å². The fourth-order valence-corrected chi connectivity index (χ4v) is 2.43. The van der Waals surface area contributed by atoms with Gasteiger partial charge < -0.3 is 5.32 Å². The summed E-state index contributed by atoms with van der Waals surface area (Å²) in [6.45, 7) is 3.81. The van der Waals surface area contributed by atoms with Gasteiger partial charge in [-0.1, -0.05) is 13.3 Å². The predicted molar refractivity (Wildman–Crippen MR) is 61.2 cm³/mol. The maximum atomic E-state index is 12.4. The van der Waals surface area contributed by atoms with Gasteiger partial charge in [0.25, 0.3) is 0 Å². The minimum absolute atomic E-state index is 0.146. The van der Waals surface area contributed by atoms with Crippen LogP contribution < -0.4 is 5.32 Å². The lowest BCUT2D eigenvalue weighted by Crippen LogP contribution is -2.34. The lowest BCUT2D eigenvalue weighted by molar-refractivity contribution is 0.0795. The third-order valence-electron chi connectivity index (χ3n) is 3.25. The van der Waals surface area contributed by atoms with E-state index in [-0.39, 0.29) is 11.2 Å². The minimum atomic E-state index is -0.245. The van der Waals surface area contributed by atoms with E-state index in [0.717, 1.165) is 32.4 Å². The Labute approximate surface area is 95.5 Å². The highest BCUT2D eigenvalue weighted by Gasteiger charge is 2.41. The van der Waals surface area contributed by atoms with Crippen LogP contribution >= 0.6 is 0 Å². The first-order valence-electron chi connectivity index (χ1n) is 5.80. The molecule has 1 saturated heterocycles. The molecule has 2 rings (SSSR count). The first kappa shape index (κ1) is 11.2. The van der Waals surface area contributed by atoms with Gasteiger partial charge in [-0.25, -0.2) is 4.98 Å². The summed E-state index contributed by atoms with van der Waals surface area (Å²) in [7, 11) is 0. The topological polar surface area (TPSA) is 54.9 Å². The number of carbonyl (C=O) groups excluding carboxylic acids is 1. The zero-order valence-corrected chi connectivity index (χ0v) is 9.57. The zero-order chi connectivity index (χ0) is 11.4. The van der Waals surface area contributed by atoms with Crippen molar-refractivity contribution in [3.63, 3.8) is 0 Å². The van der Waals surface area contributed by atoms with Crippen molar-refractivity contribution < 1.29 is 4.79 Å². The van der Waals surface area contributed by atoms with E-state index in [2.05, 4.69) is 22.2 Å².